The Hall–Kier alpha value is -1.81. The summed E-state index contributed by atoms with van der Waals surface area (Å²) in [6.07, 6.45) is 1.75. The molecular weight excluding hydrogens is 433 g/mol. The number of ether oxygens (including phenoxy) is 1. The highest BCUT2D eigenvalue weighted by Gasteiger charge is 2.10. The number of rotatable bonds is 5. The van der Waals surface area contributed by atoms with Crippen molar-refractivity contribution in [3.8, 4) is 5.75 Å². The third kappa shape index (κ3) is 4.88. The standard InChI is InChI=1S/C21H16BrCl2NO/c1-14-4-2-3-5-20(14)25-12-16-10-18(23)21(19(24)11-16)26-13-15-6-8-17(22)9-7-15/h2-12H,13H2,1H3. The van der Waals surface area contributed by atoms with Crippen molar-refractivity contribution in [3.05, 3.63) is 91.9 Å². The number of aryl methyl sites for hydroxylation is 1. The van der Waals surface area contributed by atoms with Crippen molar-refractivity contribution < 1.29 is 4.74 Å². The van der Waals surface area contributed by atoms with E-state index in [-0.39, 0.29) is 0 Å². The van der Waals surface area contributed by atoms with Crippen LogP contribution in [0.2, 0.25) is 10.0 Å². The van der Waals surface area contributed by atoms with Crippen molar-refractivity contribution in [1.82, 2.24) is 0 Å². The van der Waals surface area contributed by atoms with Gasteiger partial charge < -0.3 is 4.74 Å². The molecule has 5 heteroatoms. The fourth-order valence-electron chi connectivity index (χ4n) is 2.38. The van der Waals surface area contributed by atoms with Crippen LogP contribution in [-0.2, 0) is 6.61 Å². The van der Waals surface area contributed by atoms with Crippen molar-refractivity contribution >= 4 is 51.0 Å². The number of nitrogens with zero attached hydrogens (tertiary/aromatic N) is 1. The first-order valence-electron chi connectivity index (χ1n) is 7.99. The van der Waals surface area contributed by atoms with Gasteiger partial charge in [-0.1, -0.05) is 69.5 Å². The van der Waals surface area contributed by atoms with E-state index in [1.807, 2.05) is 55.5 Å². The van der Waals surface area contributed by atoms with Crippen LogP contribution in [0.15, 0.2) is 70.1 Å². The minimum atomic E-state index is 0.392. The second-order valence-electron chi connectivity index (χ2n) is 5.77. The van der Waals surface area contributed by atoms with Crippen LogP contribution in [0.25, 0.3) is 0 Å². The quantitative estimate of drug-likeness (QED) is 0.372. The summed E-state index contributed by atoms with van der Waals surface area (Å²) < 4.78 is 6.83. The molecule has 3 rings (SSSR count). The molecule has 0 aliphatic carbocycles. The van der Waals surface area contributed by atoms with Gasteiger partial charge in [0, 0.05) is 10.7 Å². The molecular formula is C21H16BrCl2NO. The maximum absolute atomic E-state index is 6.36. The lowest BCUT2D eigenvalue weighted by atomic mass is 10.2. The molecule has 132 valence electrons. The molecule has 0 bridgehead atoms. The molecule has 0 amide bonds. The van der Waals surface area contributed by atoms with Crippen molar-refractivity contribution in [2.45, 2.75) is 13.5 Å². The Balaban J connectivity index is 1.75. The third-order valence-corrected chi connectivity index (χ3v) is 4.88. The van der Waals surface area contributed by atoms with Crippen LogP contribution >= 0.6 is 39.1 Å². The van der Waals surface area contributed by atoms with Crippen molar-refractivity contribution in [2.24, 2.45) is 4.99 Å². The lowest BCUT2D eigenvalue weighted by Crippen LogP contribution is -1.97. The molecule has 0 spiro atoms. The minimum Gasteiger partial charge on any atom is -0.486 e. The first kappa shape index (κ1) is 19.0. The minimum absolute atomic E-state index is 0.392. The molecule has 26 heavy (non-hydrogen) atoms. The molecule has 0 unspecified atom stereocenters. The lowest BCUT2D eigenvalue weighted by molar-refractivity contribution is 0.306. The van der Waals surface area contributed by atoms with Crippen LogP contribution in [0.5, 0.6) is 5.75 Å². The highest BCUT2D eigenvalue weighted by Crippen LogP contribution is 2.34. The molecule has 0 saturated heterocycles. The second-order valence-corrected chi connectivity index (χ2v) is 7.50. The van der Waals surface area contributed by atoms with Crippen molar-refractivity contribution in [1.29, 1.82) is 0 Å². The average molecular weight is 449 g/mol. The van der Waals surface area contributed by atoms with Crippen LogP contribution < -0.4 is 4.74 Å². The van der Waals surface area contributed by atoms with Crippen molar-refractivity contribution in [3.63, 3.8) is 0 Å². The summed E-state index contributed by atoms with van der Waals surface area (Å²) in [5.41, 5.74) is 3.87. The summed E-state index contributed by atoms with van der Waals surface area (Å²) in [6, 6.07) is 19.4. The van der Waals surface area contributed by atoms with E-state index in [9.17, 15) is 0 Å². The van der Waals surface area contributed by atoms with Crippen LogP contribution in [0.3, 0.4) is 0 Å². The Morgan fingerprint density at radius 3 is 2.31 bits per heavy atom. The highest BCUT2D eigenvalue weighted by atomic mass is 79.9. The molecule has 0 aliphatic heterocycles. The fraction of sp³-hybridized carbons (Fsp3) is 0.0952. The Morgan fingerprint density at radius 1 is 1.00 bits per heavy atom. The van der Waals surface area contributed by atoms with Crippen LogP contribution in [0, 0.1) is 6.92 Å². The van der Waals surface area contributed by atoms with E-state index in [4.69, 9.17) is 27.9 Å². The SMILES string of the molecule is Cc1ccccc1N=Cc1cc(Cl)c(OCc2ccc(Br)cc2)c(Cl)c1. The zero-order valence-electron chi connectivity index (χ0n) is 14.0. The van der Waals surface area contributed by atoms with E-state index >= 15 is 0 Å². The predicted molar refractivity (Wildman–Crippen MR) is 113 cm³/mol. The number of hydrogen-bond acceptors (Lipinski definition) is 2. The summed E-state index contributed by atoms with van der Waals surface area (Å²) in [4.78, 5) is 4.50. The van der Waals surface area contributed by atoms with E-state index in [0.29, 0.717) is 22.4 Å². The first-order valence-corrected chi connectivity index (χ1v) is 9.54. The Morgan fingerprint density at radius 2 is 1.65 bits per heavy atom. The zero-order valence-corrected chi connectivity index (χ0v) is 17.1. The monoisotopic (exact) mass is 447 g/mol. The zero-order chi connectivity index (χ0) is 18.5. The van der Waals surface area contributed by atoms with Gasteiger partial charge >= 0.3 is 0 Å². The first-order chi connectivity index (χ1) is 12.5. The smallest absolute Gasteiger partial charge is 0.157 e. The molecule has 0 aromatic heterocycles. The van der Waals surface area contributed by atoms with E-state index in [1.54, 1.807) is 18.3 Å². The van der Waals surface area contributed by atoms with Crippen molar-refractivity contribution in [2.75, 3.05) is 0 Å². The summed E-state index contributed by atoms with van der Waals surface area (Å²) in [7, 11) is 0. The molecule has 2 nitrogen and oxygen atoms in total. The molecule has 0 heterocycles. The van der Waals surface area contributed by atoms with Gasteiger partial charge in [-0.05, 0) is 53.9 Å². The van der Waals surface area contributed by atoms with E-state index in [2.05, 4.69) is 20.9 Å². The van der Waals surface area contributed by atoms with Gasteiger partial charge in [-0.3, -0.25) is 4.99 Å². The van der Waals surface area contributed by atoms with E-state index in [0.717, 1.165) is 26.9 Å². The average Bonchev–Trinajstić information content (AvgIpc) is 2.62. The van der Waals surface area contributed by atoms with Crippen LogP contribution in [0.1, 0.15) is 16.7 Å². The Kier molecular flexibility index (Phi) is 6.36. The lowest BCUT2D eigenvalue weighted by Gasteiger charge is -2.11. The van der Waals surface area contributed by atoms with Gasteiger partial charge in [0.25, 0.3) is 0 Å². The van der Waals surface area contributed by atoms with Gasteiger partial charge in [0.15, 0.2) is 5.75 Å². The molecule has 0 fully saturated rings. The number of para-hydroxylation sites is 1. The van der Waals surface area contributed by atoms with Crippen LogP contribution in [0.4, 0.5) is 5.69 Å². The molecule has 0 atom stereocenters. The summed E-state index contributed by atoms with van der Waals surface area (Å²) in [5.74, 6) is 0.476. The van der Waals surface area contributed by atoms with Gasteiger partial charge in [0.2, 0.25) is 0 Å². The van der Waals surface area contributed by atoms with Gasteiger partial charge in [0.1, 0.15) is 6.61 Å². The molecule has 0 saturated carbocycles. The van der Waals surface area contributed by atoms with Gasteiger partial charge in [-0.25, -0.2) is 0 Å². The summed E-state index contributed by atoms with van der Waals surface area (Å²) in [5, 5.41) is 0.918. The van der Waals surface area contributed by atoms with Gasteiger partial charge in [-0.15, -0.1) is 0 Å². The molecule has 3 aromatic rings. The molecule has 0 N–H and O–H groups in total. The molecule has 0 radical (unpaired) electrons. The molecule has 0 aliphatic rings. The fourth-order valence-corrected chi connectivity index (χ4v) is 3.26. The second kappa shape index (κ2) is 8.72. The highest BCUT2D eigenvalue weighted by molar-refractivity contribution is 9.10. The van der Waals surface area contributed by atoms with Gasteiger partial charge in [-0.2, -0.15) is 0 Å². The number of hydrogen-bond donors (Lipinski definition) is 0. The Bertz CT molecular complexity index is 916. The maximum atomic E-state index is 6.36. The number of halogens is 3. The van der Waals surface area contributed by atoms with E-state index in [1.165, 1.54) is 0 Å². The largest absolute Gasteiger partial charge is 0.486 e. The number of aliphatic imine (C=N–C) groups is 1. The normalized spacial score (nSPS) is 11.1. The molecule has 3 aromatic carbocycles. The topological polar surface area (TPSA) is 21.6 Å². The summed E-state index contributed by atoms with van der Waals surface area (Å²) in [6.45, 7) is 2.41. The third-order valence-electron chi connectivity index (χ3n) is 3.79. The van der Waals surface area contributed by atoms with Gasteiger partial charge in [0.05, 0.1) is 15.7 Å². The summed E-state index contributed by atoms with van der Waals surface area (Å²) >= 11 is 16.1. The Labute approximate surface area is 171 Å². The van der Waals surface area contributed by atoms with E-state index < -0.39 is 0 Å². The number of benzene rings is 3. The van der Waals surface area contributed by atoms with Crippen LogP contribution in [-0.4, -0.2) is 6.21 Å². The predicted octanol–water partition coefficient (Wildman–Crippen LogP) is 7.39. The maximum Gasteiger partial charge on any atom is 0.157 e.